The molecule has 0 heterocycles. The molecule has 0 bridgehead atoms. The maximum Gasteiger partial charge on any atom is 0.166 e. The predicted molar refractivity (Wildman–Crippen MR) is 86.3 cm³/mol. The van der Waals surface area contributed by atoms with Gasteiger partial charge in [0.05, 0.1) is 5.69 Å². The Balaban J connectivity index is 2.16. The molecule has 3 heteroatoms. The van der Waals surface area contributed by atoms with Gasteiger partial charge in [-0.15, -0.1) is 6.58 Å². The van der Waals surface area contributed by atoms with Gasteiger partial charge in [0.25, 0.3) is 0 Å². The number of benzene rings is 2. The molecule has 0 saturated heterocycles. The molecule has 96 valence electrons. The van der Waals surface area contributed by atoms with Crippen molar-refractivity contribution in [2.24, 2.45) is 4.99 Å². The first-order valence-corrected chi connectivity index (χ1v) is 7.06. The van der Waals surface area contributed by atoms with Gasteiger partial charge in [0.2, 0.25) is 0 Å². The molecule has 0 radical (unpaired) electrons. The van der Waals surface area contributed by atoms with Crippen molar-refractivity contribution in [3.8, 4) is 0 Å². The molecule has 0 saturated carbocycles. The number of aliphatic imine (C=N–C) groups is 1. The van der Waals surface area contributed by atoms with Gasteiger partial charge in [-0.2, -0.15) is 0 Å². The Kier molecular flexibility index (Phi) is 5.26. The minimum absolute atomic E-state index is 0.825. The highest BCUT2D eigenvalue weighted by molar-refractivity contribution is 8.14. The van der Waals surface area contributed by atoms with E-state index in [2.05, 4.69) is 16.9 Å². The van der Waals surface area contributed by atoms with E-state index in [9.17, 15) is 0 Å². The molecule has 0 unspecified atom stereocenters. The third kappa shape index (κ3) is 4.64. The van der Waals surface area contributed by atoms with Gasteiger partial charge in [0.15, 0.2) is 5.17 Å². The molecular weight excluding hydrogens is 252 g/mol. The largest absolute Gasteiger partial charge is 0.335 e. The summed E-state index contributed by atoms with van der Waals surface area (Å²) in [4.78, 5) is 4.61. The van der Waals surface area contributed by atoms with Gasteiger partial charge in [0, 0.05) is 11.4 Å². The first-order valence-electron chi connectivity index (χ1n) is 6.08. The second kappa shape index (κ2) is 7.44. The van der Waals surface area contributed by atoms with E-state index in [4.69, 9.17) is 0 Å². The summed E-state index contributed by atoms with van der Waals surface area (Å²) in [6.45, 7) is 3.74. The fraction of sp³-hybridized carbons (Fsp3) is 0.0625. The van der Waals surface area contributed by atoms with Crippen LogP contribution in [0.25, 0.3) is 0 Å². The molecule has 0 aliphatic rings. The fourth-order valence-corrected chi connectivity index (χ4v) is 2.13. The lowest BCUT2D eigenvalue weighted by molar-refractivity contribution is 1.51. The Hall–Kier alpha value is -2.00. The molecule has 0 aliphatic carbocycles. The first kappa shape index (κ1) is 13.4. The van der Waals surface area contributed by atoms with Gasteiger partial charge >= 0.3 is 0 Å². The van der Waals surface area contributed by atoms with Crippen molar-refractivity contribution in [1.82, 2.24) is 0 Å². The molecule has 0 aromatic heterocycles. The maximum atomic E-state index is 4.61. The van der Waals surface area contributed by atoms with Crippen molar-refractivity contribution in [2.75, 3.05) is 11.1 Å². The van der Waals surface area contributed by atoms with Gasteiger partial charge < -0.3 is 5.32 Å². The van der Waals surface area contributed by atoms with E-state index >= 15 is 0 Å². The zero-order valence-electron chi connectivity index (χ0n) is 10.6. The van der Waals surface area contributed by atoms with Crippen LogP contribution in [0.1, 0.15) is 0 Å². The molecule has 2 nitrogen and oxygen atoms in total. The van der Waals surface area contributed by atoms with Crippen LogP contribution in [-0.4, -0.2) is 10.9 Å². The second-order valence-corrected chi connectivity index (χ2v) is 4.85. The van der Waals surface area contributed by atoms with E-state index in [1.807, 2.05) is 66.7 Å². The number of hydrogen-bond donors (Lipinski definition) is 1. The molecule has 0 spiro atoms. The number of thioether (sulfide) groups is 1. The highest BCUT2D eigenvalue weighted by atomic mass is 32.2. The Labute approximate surface area is 118 Å². The Morgan fingerprint density at radius 1 is 1.05 bits per heavy atom. The number of rotatable bonds is 4. The maximum absolute atomic E-state index is 4.61. The molecule has 0 atom stereocenters. The summed E-state index contributed by atoms with van der Waals surface area (Å²) >= 11 is 1.63. The van der Waals surface area contributed by atoms with Crippen molar-refractivity contribution in [2.45, 2.75) is 0 Å². The lowest BCUT2D eigenvalue weighted by Gasteiger charge is -2.08. The number of nitrogens with one attached hydrogen (secondary N) is 1. The van der Waals surface area contributed by atoms with Gasteiger partial charge in [-0.25, -0.2) is 4.99 Å². The van der Waals surface area contributed by atoms with Crippen LogP contribution < -0.4 is 5.32 Å². The van der Waals surface area contributed by atoms with Crippen LogP contribution in [0.4, 0.5) is 11.4 Å². The van der Waals surface area contributed by atoms with Crippen LogP contribution in [0.5, 0.6) is 0 Å². The average Bonchev–Trinajstić information content (AvgIpc) is 2.47. The third-order valence-corrected chi connectivity index (χ3v) is 3.22. The molecule has 1 N–H and O–H groups in total. The monoisotopic (exact) mass is 268 g/mol. The van der Waals surface area contributed by atoms with Crippen LogP contribution in [0.3, 0.4) is 0 Å². The zero-order valence-corrected chi connectivity index (χ0v) is 11.4. The van der Waals surface area contributed by atoms with Crippen molar-refractivity contribution >= 4 is 28.3 Å². The van der Waals surface area contributed by atoms with Crippen molar-refractivity contribution in [1.29, 1.82) is 0 Å². The lowest BCUT2D eigenvalue weighted by Crippen LogP contribution is -2.07. The second-order valence-electron chi connectivity index (χ2n) is 3.84. The summed E-state index contributed by atoms with van der Waals surface area (Å²) in [5.74, 6) is 0.825. The molecule has 0 aliphatic heterocycles. The summed E-state index contributed by atoms with van der Waals surface area (Å²) in [5.41, 5.74) is 1.98. The van der Waals surface area contributed by atoms with Crippen LogP contribution in [0.15, 0.2) is 78.3 Å². The summed E-state index contributed by atoms with van der Waals surface area (Å²) in [6, 6.07) is 20.0. The van der Waals surface area contributed by atoms with E-state index in [-0.39, 0.29) is 0 Å². The predicted octanol–water partition coefficient (Wildman–Crippen LogP) is 4.71. The highest BCUT2D eigenvalue weighted by Gasteiger charge is 2.00. The number of nitrogens with zero attached hydrogens (tertiary/aromatic N) is 1. The molecule has 19 heavy (non-hydrogen) atoms. The van der Waals surface area contributed by atoms with Gasteiger partial charge in [-0.1, -0.05) is 54.2 Å². The number of anilines is 1. The van der Waals surface area contributed by atoms with E-state index in [1.54, 1.807) is 11.8 Å². The van der Waals surface area contributed by atoms with Crippen molar-refractivity contribution in [3.63, 3.8) is 0 Å². The first-order chi connectivity index (χ1) is 9.38. The van der Waals surface area contributed by atoms with E-state index in [0.717, 1.165) is 22.3 Å². The third-order valence-electron chi connectivity index (χ3n) is 2.35. The molecule has 0 amide bonds. The number of para-hydroxylation sites is 2. The van der Waals surface area contributed by atoms with Gasteiger partial charge in [0.1, 0.15) is 0 Å². The van der Waals surface area contributed by atoms with Gasteiger partial charge in [-0.05, 0) is 24.3 Å². The fourth-order valence-electron chi connectivity index (χ4n) is 1.50. The summed E-state index contributed by atoms with van der Waals surface area (Å²) in [7, 11) is 0. The number of amidine groups is 1. The van der Waals surface area contributed by atoms with E-state index < -0.39 is 0 Å². The molecular formula is C16H16N2S. The minimum Gasteiger partial charge on any atom is -0.335 e. The SMILES string of the molecule is C=CCSC(=Nc1ccccc1)Nc1ccccc1. The van der Waals surface area contributed by atoms with Crippen LogP contribution >= 0.6 is 11.8 Å². The van der Waals surface area contributed by atoms with Gasteiger partial charge in [-0.3, -0.25) is 0 Å². The Morgan fingerprint density at radius 2 is 1.68 bits per heavy atom. The summed E-state index contributed by atoms with van der Waals surface area (Å²) in [6.07, 6.45) is 1.87. The standard InChI is InChI=1S/C16H16N2S/c1-2-13-19-16(17-14-9-5-3-6-10-14)18-15-11-7-4-8-12-15/h2-12H,1,13H2,(H,17,18). The lowest BCUT2D eigenvalue weighted by atomic mass is 10.3. The molecule has 0 fully saturated rings. The normalized spacial score (nSPS) is 11.1. The van der Waals surface area contributed by atoms with Crippen molar-refractivity contribution in [3.05, 3.63) is 73.3 Å². The van der Waals surface area contributed by atoms with Crippen LogP contribution in [-0.2, 0) is 0 Å². The van der Waals surface area contributed by atoms with E-state index in [0.29, 0.717) is 0 Å². The van der Waals surface area contributed by atoms with E-state index in [1.165, 1.54) is 0 Å². The van der Waals surface area contributed by atoms with Crippen LogP contribution in [0, 0.1) is 0 Å². The zero-order chi connectivity index (χ0) is 13.3. The topological polar surface area (TPSA) is 24.4 Å². The highest BCUT2D eigenvalue weighted by Crippen LogP contribution is 2.17. The molecule has 2 rings (SSSR count). The number of hydrogen-bond acceptors (Lipinski definition) is 2. The minimum atomic E-state index is 0.825. The quantitative estimate of drug-likeness (QED) is 0.493. The summed E-state index contributed by atoms with van der Waals surface area (Å²) in [5, 5.41) is 4.20. The van der Waals surface area contributed by atoms with Crippen LogP contribution in [0.2, 0.25) is 0 Å². The Morgan fingerprint density at radius 3 is 2.32 bits per heavy atom. The molecule has 2 aromatic rings. The molecule has 2 aromatic carbocycles. The average molecular weight is 268 g/mol. The Bertz CT molecular complexity index is 535. The summed E-state index contributed by atoms with van der Waals surface area (Å²) < 4.78 is 0. The smallest absolute Gasteiger partial charge is 0.166 e. The van der Waals surface area contributed by atoms with Crippen molar-refractivity contribution < 1.29 is 0 Å².